The molecule has 4 atom stereocenters. The van der Waals surface area contributed by atoms with Gasteiger partial charge in [-0.2, -0.15) is 37.9 Å². The highest BCUT2D eigenvalue weighted by atomic mass is 32.1. The summed E-state index contributed by atoms with van der Waals surface area (Å²) < 4.78 is 0. The van der Waals surface area contributed by atoms with E-state index in [4.69, 9.17) is 15.3 Å². The molecule has 20 heavy (non-hydrogen) atoms. The highest BCUT2D eigenvalue weighted by Gasteiger charge is 2.58. The zero-order chi connectivity index (χ0) is 16.2. The third kappa shape index (κ3) is 3.35. The summed E-state index contributed by atoms with van der Waals surface area (Å²) in [6, 6.07) is 0. The van der Waals surface area contributed by atoms with Gasteiger partial charge in [-0.15, -0.1) is 0 Å². The molecule has 116 valence electrons. The zero-order valence-corrected chi connectivity index (χ0v) is 13.1. The largest absolute Gasteiger partial charge is 0.480 e. The predicted octanol–water partition coefficient (Wildman–Crippen LogP) is -0.250. The van der Waals surface area contributed by atoms with Gasteiger partial charge in [0, 0.05) is 12.0 Å². The molecule has 0 spiro atoms. The number of aliphatic carboxylic acids is 3. The van der Waals surface area contributed by atoms with Crippen LogP contribution in [0.2, 0.25) is 0 Å². The fraction of sp³-hybridized carbons (Fsp3) is 0.700. The van der Waals surface area contributed by atoms with E-state index < -0.39 is 51.6 Å². The maximum Gasteiger partial charge on any atom is 0.317 e. The van der Waals surface area contributed by atoms with Crippen molar-refractivity contribution in [2.24, 2.45) is 11.3 Å². The minimum atomic E-state index is -2.01. The van der Waals surface area contributed by atoms with Crippen LogP contribution in [0.4, 0.5) is 0 Å². The molecule has 0 amide bonds. The van der Waals surface area contributed by atoms with Crippen molar-refractivity contribution in [3.8, 4) is 0 Å². The monoisotopic (exact) mass is 344 g/mol. The lowest BCUT2D eigenvalue weighted by Gasteiger charge is -2.45. The van der Waals surface area contributed by atoms with E-state index in [0.717, 1.165) is 0 Å². The van der Waals surface area contributed by atoms with Gasteiger partial charge in [-0.3, -0.25) is 14.4 Å². The molecule has 0 radical (unpaired) electrons. The fourth-order valence-electron chi connectivity index (χ4n) is 2.06. The number of carboxylic acids is 3. The molecule has 0 aliphatic rings. The number of hydrogen-bond acceptors (Lipinski definition) is 7. The first kappa shape index (κ1) is 19.4. The average Bonchev–Trinajstić information content (AvgIpc) is 2.37. The van der Waals surface area contributed by atoms with Crippen molar-refractivity contribution in [2.45, 2.75) is 22.7 Å². The van der Waals surface area contributed by atoms with Crippen molar-refractivity contribution in [1.29, 1.82) is 0 Å². The Kier molecular flexibility index (Phi) is 7.22. The third-order valence-corrected chi connectivity index (χ3v) is 5.25. The van der Waals surface area contributed by atoms with Gasteiger partial charge in [-0.1, -0.05) is 6.92 Å². The highest BCUT2D eigenvalue weighted by molar-refractivity contribution is 7.84. The van der Waals surface area contributed by atoms with E-state index in [2.05, 4.69) is 37.9 Å². The van der Waals surface area contributed by atoms with E-state index in [9.17, 15) is 19.5 Å². The van der Waals surface area contributed by atoms with E-state index >= 15 is 0 Å². The SMILES string of the molecule is CC(CO)C(C(S)C(=O)O)(C(S)C(=O)O)C(S)C(=O)O. The Hall–Kier alpha value is -0.580. The van der Waals surface area contributed by atoms with Crippen LogP contribution in [0.5, 0.6) is 0 Å². The van der Waals surface area contributed by atoms with E-state index in [0.29, 0.717) is 0 Å². The molecule has 4 unspecified atom stereocenters. The molecule has 0 rings (SSSR count). The standard InChI is InChI=1S/C10H16O7S3/c1-3(2-11)10(4(18)7(12)13,5(19)8(14)15)6(20)9(16)17/h3-6,11,18-20H,2H2,1H3,(H,12,13)(H,14,15)(H,16,17). The Morgan fingerprint density at radius 3 is 1.30 bits per heavy atom. The van der Waals surface area contributed by atoms with Crippen molar-refractivity contribution in [3.05, 3.63) is 0 Å². The van der Waals surface area contributed by atoms with Crippen molar-refractivity contribution in [2.75, 3.05) is 6.61 Å². The van der Waals surface area contributed by atoms with Crippen LogP contribution in [-0.4, -0.2) is 60.7 Å². The quantitative estimate of drug-likeness (QED) is 0.302. The molecule has 0 aromatic carbocycles. The van der Waals surface area contributed by atoms with Crippen molar-refractivity contribution in [1.82, 2.24) is 0 Å². The second-order valence-electron chi connectivity index (χ2n) is 4.31. The number of aliphatic hydroxyl groups is 1. The summed E-state index contributed by atoms with van der Waals surface area (Å²) in [5.41, 5.74) is -2.01. The first-order chi connectivity index (χ1) is 9.04. The maximum absolute atomic E-state index is 11.2. The van der Waals surface area contributed by atoms with Gasteiger partial charge in [0.1, 0.15) is 15.7 Å². The first-order valence-corrected chi connectivity index (χ1v) is 6.93. The summed E-state index contributed by atoms with van der Waals surface area (Å²) in [5.74, 6) is -5.59. The van der Waals surface area contributed by atoms with Crippen LogP contribution >= 0.6 is 37.9 Å². The lowest BCUT2D eigenvalue weighted by Crippen LogP contribution is -2.60. The minimum Gasteiger partial charge on any atom is -0.480 e. The number of thiol groups is 3. The van der Waals surface area contributed by atoms with Crippen molar-refractivity contribution < 1.29 is 34.8 Å². The second-order valence-corrected chi connectivity index (χ2v) is 5.86. The molecule has 7 nitrogen and oxygen atoms in total. The molecule has 0 saturated heterocycles. The third-order valence-electron chi connectivity index (χ3n) is 3.25. The Balaban J connectivity index is 6.24. The summed E-state index contributed by atoms with van der Waals surface area (Å²) in [6.45, 7) is 0.684. The molecular weight excluding hydrogens is 328 g/mol. The number of rotatable bonds is 8. The van der Waals surface area contributed by atoms with Gasteiger partial charge in [0.15, 0.2) is 0 Å². The Bertz CT molecular complexity index is 350. The van der Waals surface area contributed by atoms with Crippen LogP contribution < -0.4 is 0 Å². The molecule has 0 bridgehead atoms. The van der Waals surface area contributed by atoms with Gasteiger partial charge < -0.3 is 20.4 Å². The van der Waals surface area contributed by atoms with Crippen LogP contribution in [0.15, 0.2) is 0 Å². The van der Waals surface area contributed by atoms with Gasteiger partial charge in [-0.25, -0.2) is 0 Å². The molecule has 0 heterocycles. The number of carbonyl (C=O) groups is 3. The minimum absolute atomic E-state index is 0.640. The van der Waals surface area contributed by atoms with Gasteiger partial charge in [0.2, 0.25) is 0 Å². The van der Waals surface area contributed by atoms with Gasteiger partial charge >= 0.3 is 17.9 Å². The molecule has 4 N–H and O–H groups in total. The fourth-order valence-corrected chi connectivity index (χ4v) is 4.07. The summed E-state index contributed by atoms with van der Waals surface area (Å²) in [5, 5.41) is 31.5. The lowest BCUT2D eigenvalue weighted by molar-refractivity contribution is -0.148. The second kappa shape index (κ2) is 7.43. The molecule has 0 fully saturated rings. The van der Waals surface area contributed by atoms with E-state index in [1.807, 2.05) is 0 Å². The Labute approximate surface area is 131 Å². The predicted molar refractivity (Wildman–Crippen MR) is 79.9 cm³/mol. The molecular formula is C10H16O7S3. The summed E-state index contributed by atoms with van der Waals surface area (Å²) in [7, 11) is 0. The van der Waals surface area contributed by atoms with Gasteiger partial charge in [-0.05, 0) is 5.92 Å². The number of carboxylic acid groups (broad SMARTS) is 3. The molecule has 10 heteroatoms. The maximum atomic E-state index is 11.2. The number of hydrogen-bond donors (Lipinski definition) is 7. The van der Waals surface area contributed by atoms with E-state index in [-0.39, 0.29) is 0 Å². The number of aliphatic hydroxyl groups excluding tert-OH is 1. The van der Waals surface area contributed by atoms with Crippen LogP contribution in [0.3, 0.4) is 0 Å². The summed E-state index contributed by atoms with van der Waals surface area (Å²) in [4.78, 5) is 33.6. The van der Waals surface area contributed by atoms with Crippen molar-refractivity contribution >= 4 is 55.8 Å². The first-order valence-electron chi connectivity index (χ1n) is 5.38. The van der Waals surface area contributed by atoms with Gasteiger partial charge in [0.25, 0.3) is 0 Å². The van der Waals surface area contributed by atoms with Gasteiger partial charge in [0.05, 0.1) is 0 Å². The molecule has 0 aliphatic carbocycles. The van der Waals surface area contributed by atoms with Crippen LogP contribution in [0.1, 0.15) is 6.92 Å². The highest BCUT2D eigenvalue weighted by Crippen LogP contribution is 2.46. The Morgan fingerprint density at radius 2 is 1.15 bits per heavy atom. The van der Waals surface area contributed by atoms with E-state index in [1.54, 1.807) is 0 Å². The Morgan fingerprint density at radius 1 is 0.900 bits per heavy atom. The molecule has 0 saturated carbocycles. The molecule has 0 aliphatic heterocycles. The lowest BCUT2D eigenvalue weighted by atomic mass is 9.67. The van der Waals surface area contributed by atoms with Crippen molar-refractivity contribution in [3.63, 3.8) is 0 Å². The van der Waals surface area contributed by atoms with Crippen LogP contribution in [0, 0.1) is 11.3 Å². The average molecular weight is 344 g/mol. The summed E-state index contributed by atoms with van der Waals surface area (Å²) in [6.07, 6.45) is 0. The zero-order valence-electron chi connectivity index (χ0n) is 10.4. The van der Waals surface area contributed by atoms with Crippen LogP contribution in [0.25, 0.3) is 0 Å². The smallest absolute Gasteiger partial charge is 0.317 e. The molecule has 0 aromatic heterocycles. The summed E-state index contributed by atoms with van der Waals surface area (Å²) >= 11 is 11.5. The van der Waals surface area contributed by atoms with E-state index in [1.165, 1.54) is 6.92 Å². The molecule has 0 aromatic rings. The normalized spacial score (nSPS) is 20.2. The van der Waals surface area contributed by atoms with Crippen LogP contribution in [-0.2, 0) is 14.4 Å². The topological polar surface area (TPSA) is 132 Å².